The molecule has 62 heavy (non-hydrogen) atoms. The maximum atomic E-state index is 5.51. The van der Waals surface area contributed by atoms with Crippen LogP contribution in [0, 0.1) is 11.8 Å². The summed E-state index contributed by atoms with van der Waals surface area (Å²) in [5.74, 6) is 1.04. The predicted octanol–water partition coefficient (Wildman–Crippen LogP) is 14.0. The van der Waals surface area contributed by atoms with Crippen LogP contribution < -0.4 is 0 Å². The molecule has 292 valence electrons. The van der Waals surface area contributed by atoms with Crippen molar-refractivity contribution in [1.82, 2.24) is 9.97 Å². The summed E-state index contributed by atoms with van der Waals surface area (Å²) in [4.78, 5) is 16.0. The van der Waals surface area contributed by atoms with Crippen molar-refractivity contribution >= 4 is 54.6 Å². The van der Waals surface area contributed by atoms with Crippen molar-refractivity contribution in [2.24, 2.45) is 16.8 Å². The van der Waals surface area contributed by atoms with Gasteiger partial charge < -0.3 is 0 Å². The standard InChI is InChI=1S/C59H41N3/c1-2-10-38(11-3-1)52-32-29-40-24-25-41-30-33-53(61-59(41)58(40)60-52)44-28-31-45-43(34-44)27-21-37-20-26-42(35-51(37)45)36-18-22-39(23-19-36)57-56-49-15-7-5-13-47(49)46-12-4-6-14-48(46)55(56)50-16-8-9-17-54(50)62-57/h1-33,35,37,44,50-51,54H,34H2. The molecule has 0 saturated heterocycles. The van der Waals surface area contributed by atoms with Gasteiger partial charge in [0, 0.05) is 56.8 Å². The molecule has 5 aliphatic rings. The summed E-state index contributed by atoms with van der Waals surface area (Å²) in [7, 11) is 0. The van der Waals surface area contributed by atoms with Crippen LogP contribution in [0.2, 0.25) is 0 Å². The predicted molar refractivity (Wildman–Crippen MR) is 258 cm³/mol. The molecule has 0 fully saturated rings. The molecule has 3 heterocycles. The number of nitrogens with zero attached hydrogens (tertiary/aromatic N) is 3. The Balaban J connectivity index is 0.814. The number of rotatable bonds is 4. The van der Waals surface area contributed by atoms with E-state index in [4.69, 9.17) is 15.0 Å². The first-order valence-corrected chi connectivity index (χ1v) is 21.9. The van der Waals surface area contributed by atoms with E-state index in [0.717, 1.165) is 56.5 Å². The molecule has 8 aromatic rings. The molecule has 5 unspecified atom stereocenters. The SMILES string of the molecule is C1=CC2N=C(c3ccc(C4=CC5C6=C(C=CC5C=C4)CC(c4ccc5ccc7ccc(-c8ccccc8)nc7c5n4)C=C6)cc3)c3c(c4ccccc4c4ccccc34)C2C=C1. The summed E-state index contributed by atoms with van der Waals surface area (Å²) < 4.78 is 0. The molecule has 6 aromatic carbocycles. The van der Waals surface area contributed by atoms with Crippen LogP contribution in [0.25, 0.3) is 60.2 Å². The molecule has 0 radical (unpaired) electrons. The number of pyridine rings is 2. The van der Waals surface area contributed by atoms with Gasteiger partial charge in [-0.2, -0.15) is 0 Å². The van der Waals surface area contributed by atoms with E-state index in [0.29, 0.717) is 11.8 Å². The lowest BCUT2D eigenvalue weighted by atomic mass is 9.71. The Kier molecular flexibility index (Phi) is 7.99. The molecule has 5 atom stereocenters. The molecular formula is C59H41N3. The third-order valence-corrected chi connectivity index (χ3v) is 13.9. The molecule has 1 aliphatic heterocycles. The minimum atomic E-state index is 0.0691. The Morgan fingerprint density at radius 1 is 0.484 bits per heavy atom. The van der Waals surface area contributed by atoms with Gasteiger partial charge in [0.25, 0.3) is 0 Å². The maximum Gasteiger partial charge on any atom is 0.0972 e. The summed E-state index contributed by atoms with van der Waals surface area (Å²) in [5.41, 5.74) is 15.3. The first kappa shape index (κ1) is 35.3. The fourth-order valence-corrected chi connectivity index (χ4v) is 10.8. The molecule has 4 aliphatic carbocycles. The highest BCUT2D eigenvalue weighted by atomic mass is 14.8. The van der Waals surface area contributed by atoms with Gasteiger partial charge in [-0.1, -0.05) is 194 Å². The second kappa shape index (κ2) is 14.0. The van der Waals surface area contributed by atoms with Crippen LogP contribution in [0.4, 0.5) is 0 Å². The van der Waals surface area contributed by atoms with Crippen LogP contribution >= 0.6 is 0 Å². The van der Waals surface area contributed by atoms with E-state index in [2.05, 4.69) is 200 Å². The average Bonchev–Trinajstić information content (AvgIpc) is 3.35. The van der Waals surface area contributed by atoms with Gasteiger partial charge in [0.05, 0.1) is 28.5 Å². The molecule has 0 spiro atoms. The van der Waals surface area contributed by atoms with Crippen molar-refractivity contribution in [3.63, 3.8) is 0 Å². The third-order valence-electron chi connectivity index (χ3n) is 13.9. The quantitative estimate of drug-likeness (QED) is 0.167. The van der Waals surface area contributed by atoms with Crippen LogP contribution in [-0.4, -0.2) is 21.7 Å². The van der Waals surface area contributed by atoms with Gasteiger partial charge in [-0.3, -0.25) is 4.99 Å². The van der Waals surface area contributed by atoms with Crippen LogP contribution in [0.1, 0.15) is 46.2 Å². The number of aliphatic imine (C=N–C) groups is 1. The fourth-order valence-electron chi connectivity index (χ4n) is 10.8. The Hall–Kier alpha value is -7.49. The van der Waals surface area contributed by atoms with Gasteiger partial charge >= 0.3 is 0 Å². The molecule has 13 rings (SSSR count). The summed E-state index contributed by atoms with van der Waals surface area (Å²) >= 11 is 0. The van der Waals surface area contributed by atoms with Crippen molar-refractivity contribution in [1.29, 1.82) is 0 Å². The van der Waals surface area contributed by atoms with E-state index in [1.54, 1.807) is 0 Å². The van der Waals surface area contributed by atoms with Crippen LogP contribution in [0.3, 0.4) is 0 Å². The Morgan fingerprint density at radius 3 is 2.00 bits per heavy atom. The topological polar surface area (TPSA) is 38.1 Å². The highest BCUT2D eigenvalue weighted by Gasteiger charge is 2.34. The molecule has 0 bridgehead atoms. The zero-order chi connectivity index (χ0) is 40.7. The lowest BCUT2D eigenvalue weighted by molar-refractivity contribution is 0.614. The van der Waals surface area contributed by atoms with Crippen molar-refractivity contribution < 1.29 is 0 Å². The van der Waals surface area contributed by atoms with E-state index >= 15 is 0 Å². The first-order valence-electron chi connectivity index (χ1n) is 21.9. The van der Waals surface area contributed by atoms with Gasteiger partial charge in [0.1, 0.15) is 0 Å². The lowest BCUT2D eigenvalue weighted by Gasteiger charge is -2.33. The van der Waals surface area contributed by atoms with Gasteiger partial charge in [-0.15, -0.1) is 0 Å². The number of benzene rings is 6. The van der Waals surface area contributed by atoms with E-state index in [-0.39, 0.29) is 17.9 Å². The normalized spacial score (nSPS) is 22.1. The van der Waals surface area contributed by atoms with Gasteiger partial charge in [0.2, 0.25) is 0 Å². The Bertz CT molecular complexity index is 3450. The van der Waals surface area contributed by atoms with E-state index in [1.165, 1.54) is 55.0 Å². The smallest absolute Gasteiger partial charge is 0.0972 e. The zero-order valence-corrected chi connectivity index (χ0v) is 34.1. The van der Waals surface area contributed by atoms with Gasteiger partial charge in [-0.25, -0.2) is 9.97 Å². The van der Waals surface area contributed by atoms with Crippen molar-refractivity contribution in [2.75, 3.05) is 0 Å². The largest absolute Gasteiger partial charge is 0.276 e. The average molecular weight is 792 g/mol. The lowest BCUT2D eigenvalue weighted by Crippen LogP contribution is -2.26. The molecule has 3 nitrogen and oxygen atoms in total. The van der Waals surface area contributed by atoms with Gasteiger partial charge in [-0.05, 0) is 67.9 Å². The molecular weight excluding hydrogens is 751 g/mol. The molecule has 2 aromatic heterocycles. The zero-order valence-electron chi connectivity index (χ0n) is 34.1. The van der Waals surface area contributed by atoms with Crippen molar-refractivity contribution in [3.05, 3.63) is 245 Å². The minimum Gasteiger partial charge on any atom is -0.276 e. The van der Waals surface area contributed by atoms with Crippen LogP contribution in [-0.2, 0) is 0 Å². The van der Waals surface area contributed by atoms with E-state index in [9.17, 15) is 0 Å². The van der Waals surface area contributed by atoms with Crippen LogP contribution in [0.15, 0.2) is 223 Å². The van der Waals surface area contributed by atoms with Crippen molar-refractivity contribution in [3.8, 4) is 11.3 Å². The molecule has 0 amide bonds. The first-order chi connectivity index (χ1) is 30.7. The van der Waals surface area contributed by atoms with Crippen LogP contribution in [0.5, 0.6) is 0 Å². The highest BCUT2D eigenvalue weighted by Crippen LogP contribution is 2.46. The number of aromatic nitrogens is 2. The number of hydrogen-bond acceptors (Lipinski definition) is 3. The second-order valence-electron chi connectivity index (χ2n) is 17.3. The molecule has 3 heteroatoms. The molecule has 0 N–H and O–H groups in total. The summed E-state index contributed by atoms with van der Waals surface area (Å²) in [6.45, 7) is 0. The highest BCUT2D eigenvalue weighted by molar-refractivity contribution is 6.26. The monoisotopic (exact) mass is 791 g/mol. The van der Waals surface area contributed by atoms with E-state index < -0.39 is 0 Å². The second-order valence-corrected chi connectivity index (χ2v) is 17.3. The minimum absolute atomic E-state index is 0.0691. The fraction of sp³-hybridized carbons (Fsp3) is 0.102. The van der Waals surface area contributed by atoms with Crippen molar-refractivity contribution in [2.45, 2.75) is 24.3 Å². The maximum absolute atomic E-state index is 5.51. The number of hydrogen-bond donors (Lipinski definition) is 0. The summed E-state index contributed by atoms with van der Waals surface area (Å²) in [6, 6.07) is 50.5. The Labute approximate surface area is 360 Å². The third kappa shape index (κ3) is 5.62. The number of allylic oxidation sites excluding steroid dienone is 12. The molecule has 0 saturated carbocycles. The Morgan fingerprint density at radius 2 is 1.16 bits per heavy atom. The summed E-state index contributed by atoms with van der Waals surface area (Å²) in [6.07, 6.45) is 26.6. The van der Waals surface area contributed by atoms with E-state index in [1.807, 2.05) is 6.07 Å². The van der Waals surface area contributed by atoms with Gasteiger partial charge in [0.15, 0.2) is 0 Å². The summed E-state index contributed by atoms with van der Waals surface area (Å²) in [5, 5.41) is 7.40. The number of fused-ring (bicyclic) bond motifs is 13.